The summed E-state index contributed by atoms with van der Waals surface area (Å²) in [5.74, 6) is -1.46. The Hall–Kier alpha value is -2.12. The first-order valence-electron chi connectivity index (χ1n) is 6.42. The molecule has 0 aliphatic heterocycles. The van der Waals surface area contributed by atoms with E-state index in [9.17, 15) is 17.6 Å². The van der Waals surface area contributed by atoms with E-state index in [-0.39, 0.29) is 26.7 Å². The van der Waals surface area contributed by atoms with Crippen LogP contribution in [0.3, 0.4) is 0 Å². The van der Waals surface area contributed by atoms with Crippen molar-refractivity contribution in [3.63, 3.8) is 0 Å². The highest BCUT2D eigenvalue weighted by Crippen LogP contribution is 2.25. The molecule has 0 heterocycles. The molecule has 2 rings (SSSR count). The van der Waals surface area contributed by atoms with Crippen LogP contribution in [0.15, 0.2) is 41.3 Å². The number of sulfonamides is 1. The summed E-state index contributed by atoms with van der Waals surface area (Å²) < 4.78 is 45.4. The predicted octanol–water partition coefficient (Wildman–Crippen LogP) is 3.37. The van der Waals surface area contributed by atoms with Gasteiger partial charge in [0, 0.05) is 5.02 Å². The number of carbonyl (C=O) groups is 1. The lowest BCUT2D eigenvalue weighted by atomic mass is 10.1. The van der Waals surface area contributed by atoms with Gasteiger partial charge < -0.3 is 4.74 Å². The van der Waals surface area contributed by atoms with Gasteiger partial charge in [-0.15, -0.1) is 0 Å². The number of benzene rings is 2. The molecule has 0 atom stereocenters. The fraction of sp³-hybridized carbons (Fsp3) is 0.133. The van der Waals surface area contributed by atoms with Gasteiger partial charge in [0.2, 0.25) is 0 Å². The highest BCUT2D eigenvalue weighted by atomic mass is 35.5. The lowest BCUT2D eigenvalue weighted by molar-refractivity contribution is 0.0599. The van der Waals surface area contributed by atoms with Gasteiger partial charge in [0.05, 0.1) is 23.3 Å². The van der Waals surface area contributed by atoms with Crippen molar-refractivity contribution in [3.8, 4) is 0 Å². The maximum absolute atomic E-state index is 13.8. The summed E-state index contributed by atoms with van der Waals surface area (Å²) in [5.41, 5.74) is 0.0884. The number of esters is 1. The molecule has 2 aromatic carbocycles. The predicted molar refractivity (Wildman–Crippen MR) is 84.7 cm³/mol. The Bertz CT molecular complexity index is 868. The normalized spacial score (nSPS) is 11.1. The van der Waals surface area contributed by atoms with Crippen LogP contribution in [0.2, 0.25) is 5.02 Å². The van der Waals surface area contributed by atoms with Crippen LogP contribution in [0.4, 0.5) is 10.1 Å². The molecule has 0 fully saturated rings. The number of ether oxygens (including phenoxy) is 1. The van der Waals surface area contributed by atoms with E-state index in [0.29, 0.717) is 0 Å². The van der Waals surface area contributed by atoms with Crippen molar-refractivity contribution in [2.45, 2.75) is 11.8 Å². The molecule has 8 heteroatoms. The minimum absolute atomic E-state index is 0.118. The molecule has 1 N–H and O–H groups in total. The van der Waals surface area contributed by atoms with E-state index in [2.05, 4.69) is 9.46 Å². The molecule has 0 aliphatic carbocycles. The van der Waals surface area contributed by atoms with Gasteiger partial charge >= 0.3 is 5.97 Å². The second-order valence-electron chi connectivity index (χ2n) is 4.65. The van der Waals surface area contributed by atoms with Crippen molar-refractivity contribution in [1.29, 1.82) is 0 Å². The average molecular weight is 358 g/mol. The van der Waals surface area contributed by atoms with Crippen LogP contribution in [0.25, 0.3) is 0 Å². The Morgan fingerprint density at radius 3 is 2.57 bits per heavy atom. The highest BCUT2D eigenvalue weighted by molar-refractivity contribution is 7.92. The quantitative estimate of drug-likeness (QED) is 0.851. The number of nitrogens with one attached hydrogen (secondary N) is 1. The zero-order valence-electron chi connectivity index (χ0n) is 12.3. The summed E-state index contributed by atoms with van der Waals surface area (Å²) in [5, 5.41) is 0.148. The van der Waals surface area contributed by atoms with Crippen LogP contribution in [0, 0.1) is 12.7 Å². The molecule has 0 aliphatic rings. The summed E-state index contributed by atoms with van der Waals surface area (Å²) in [6.07, 6.45) is 0. The van der Waals surface area contributed by atoms with Crippen molar-refractivity contribution in [2.24, 2.45) is 0 Å². The van der Waals surface area contributed by atoms with Crippen molar-refractivity contribution < 1.29 is 22.3 Å². The van der Waals surface area contributed by atoms with Crippen LogP contribution >= 0.6 is 11.6 Å². The Morgan fingerprint density at radius 2 is 1.96 bits per heavy atom. The van der Waals surface area contributed by atoms with Gasteiger partial charge in [-0.3, -0.25) is 4.72 Å². The molecule has 0 saturated heterocycles. The lowest BCUT2D eigenvalue weighted by Crippen LogP contribution is -2.17. The second kappa shape index (κ2) is 6.55. The second-order valence-corrected chi connectivity index (χ2v) is 6.74. The smallest absolute Gasteiger partial charge is 0.338 e. The van der Waals surface area contributed by atoms with E-state index >= 15 is 0 Å². The fourth-order valence-electron chi connectivity index (χ4n) is 2.01. The van der Waals surface area contributed by atoms with Crippen molar-refractivity contribution >= 4 is 33.3 Å². The van der Waals surface area contributed by atoms with Gasteiger partial charge in [-0.2, -0.15) is 0 Å². The van der Waals surface area contributed by atoms with E-state index in [4.69, 9.17) is 11.6 Å². The molecule has 2 aromatic rings. The standard InChI is InChI=1S/C15H13ClFNO4S/c1-9-11(15(19)22-2)4-3-5-14(9)23(20,21)18-13-7-6-10(16)8-12(13)17/h3-8,18H,1-2H3. The molecule has 0 spiro atoms. The van der Waals surface area contributed by atoms with Crippen molar-refractivity contribution in [1.82, 2.24) is 0 Å². The largest absolute Gasteiger partial charge is 0.465 e. The van der Waals surface area contributed by atoms with Gasteiger partial charge in [-0.05, 0) is 42.8 Å². The summed E-state index contributed by atoms with van der Waals surface area (Å²) >= 11 is 5.63. The number of anilines is 1. The van der Waals surface area contributed by atoms with Crippen LogP contribution < -0.4 is 4.72 Å². The summed E-state index contributed by atoms with van der Waals surface area (Å²) in [6.45, 7) is 1.47. The monoisotopic (exact) mass is 357 g/mol. The number of halogens is 2. The molecule has 0 unspecified atom stereocenters. The summed E-state index contributed by atoms with van der Waals surface area (Å²) in [4.78, 5) is 11.5. The molecular weight excluding hydrogens is 345 g/mol. The maximum Gasteiger partial charge on any atom is 0.338 e. The third-order valence-electron chi connectivity index (χ3n) is 3.15. The summed E-state index contributed by atoms with van der Waals surface area (Å²) in [6, 6.07) is 7.75. The first kappa shape index (κ1) is 17.2. The van der Waals surface area contributed by atoms with Crippen LogP contribution in [0.5, 0.6) is 0 Å². The first-order valence-corrected chi connectivity index (χ1v) is 8.28. The lowest BCUT2D eigenvalue weighted by Gasteiger charge is -2.13. The highest BCUT2D eigenvalue weighted by Gasteiger charge is 2.22. The molecule has 23 heavy (non-hydrogen) atoms. The van der Waals surface area contributed by atoms with Crippen molar-refractivity contribution in [3.05, 3.63) is 58.4 Å². The Labute approximate surface area is 138 Å². The minimum atomic E-state index is -4.08. The molecule has 5 nitrogen and oxygen atoms in total. The summed E-state index contributed by atoms with van der Waals surface area (Å²) in [7, 11) is -2.89. The van der Waals surface area contributed by atoms with Crippen molar-refractivity contribution in [2.75, 3.05) is 11.8 Å². The number of hydrogen-bond acceptors (Lipinski definition) is 4. The van der Waals surface area contributed by atoms with Gasteiger partial charge in [-0.25, -0.2) is 17.6 Å². The van der Waals surface area contributed by atoms with Crippen LogP contribution in [0.1, 0.15) is 15.9 Å². The zero-order chi connectivity index (χ0) is 17.2. The Kier molecular flexibility index (Phi) is 4.91. The van der Waals surface area contributed by atoms with Crippen LogP contribution in [-0.2, 0) is 14.8 Å². The number of methoxy groups -OCH3 is 1. The van der Waals surface area contributed by atoms with E-state index < -0.39 is 21.8 Å². The van der Waals surface area contributed by atoms with Gasteiger partial charge in [0.1, 0.15) is 5.82 Å². The van der Waals surface area contributed by atoms with Gasteiger partial charge in [0.15, 0.2) is 0 Å². The van der Waals surface area contributed by atoms with Crippen LogP contribution in [-0.4, -0.2) is 21.5 Å². The molecule has 122 valence electrons. The van der Waals surface area contributed by atoms with Gasteiger partial charge in [0.25, 0.3) is 10.0 Å². The molecule has 0 amide bonds. The fourth-order valence-corrected chi connectivity index (χ4v) is 3.50. The average Bonchev–Trinajstić information content (AvgIpc) is 2.49. The van der Waals surface area contributed by atoms with E-state index in [0.717, 1.165) is 6.07 Å². The minimum Gasteiger partial charge on any atom is -0.465 e. The van der Waals surface area contributed by atoms with Gasteiger partial charge in [-0.1, -0.05) is 17.7 Å². The number of carbonyl (C=O) groups excluding carboxylic acids is 1. The first-order chi connectivity index (χ1) is 10.8. The molecule has 0 radical (unpaired) electrons. The Balaban J connectivity index is 2.46. The Morgan fingerprint density at radius 1 is 1.26 bits per heavy atom. The van der Waals surface area contributed by atoms with E-state index in [1.807, 2.05) is 0 Å². The molecule has 0 aromatic heterocycles. The molecular formula is C15H13ClFNO4S. The maximum atomic E-state index is 13.8. The topological polar surface area (TPSA) is 72.5 Å². The number of hydrogen-bond donors (Lipinski definition) is 1. The third kappa shape index (κ3) is 3.62. The molecule has 0 saturated carbocycles. The van der Waals surface area contributed by atoms with E-state index in [1.165, 1.54) is 44.4 Å². The van der Waals surface area contributed by atoms with E-state index in [1.54, 1.807) is 0 Å². The number of rotatable bonds is 4. The third-order valence-corrected chi connectivity index (χ3v) is 4.90. The zero-order valence-corrected chi connectivity index (χ0v) is 13.8. The SMILES string of the molecule is COC(=O)c1cccc(S(=O)(=O)Nc2ccc(Cl)cc2F)c1C. The molecule has 0 bridgehead atoms.